The van der Waals surface area contributed by atoms with Crippen molar-refractivity contribution in [2.45, 2.75) is 39.3 Å². The second-order valence-electron chi connectivity index (χ2n) is 6.35. The third kappa shape index (κ3) is 5.15. The predicted molar refractivity (Wildman–Crippen MR) is 100.0 cm³/mol. The standard InChI is InChI=1S/C21H25FN2O2/c1-4-19(21(26)23-3)24(14-17-7-5-6-15(2)12-17)20(25)13-16-8-10-18(22)11-9-16/h5-12,19H,4,13-14H2,1-3H3,(H,23,26)/t19-/m1/s1. The first-order valence-electron chi connectivity index (χ1n) is 8.75. The summed E-state index contributed by atoms with van der Waals surface area (Å²) in [4.78, 5) is 26.9. The zero-order chi connectivity index (χ0) is 19.1. The maximum Gasteiger partial charge on any atom is 0.242 e. The fraction of sp³-hybridized carbons (Fsp3) is 0.333. The molecule has 0 spiro atoms. The minimum Gasteiger partial charge on any atom is -0.357 e. The van der Waals surface area contributed by atoms with Gasteiger partial charge in [-0.3, -0.25) is 9.59 Å². The van der Waals surface area contributed by atoms with Crippen molar-refractivity contribution in [3.63, 3.8) is 0 Å². The molecule has 4 nitrogen and oxygen atoms in total. The van der Waals surface area contributed by atoms with Crippen LogP contribution in [0.1, 0.15) is 30.0 Å². The van der Waals surface area contributed by atoms with Crippen molar-refractivity contribution in [1.82, 2.24) is 10.2 Å². The first-order chi connectivity index (χ1) is 12.4. The summed E-state index contributed by atoms with van der Waals surface area (Å²) in [7, 11) is 1.57. The Kier molecular flexibility index (Phi) is 6.89. The van der Waals surface area contributed by atoms with Gasteiger partial charge in [0.05, 0.1) is 6.42 Å². The van der Waals surface area contributed by atoms with Crippen LogP contribution in [0.3, 0.4) is 0 Å². The quantitative estimate of drug-likeness (QED) is 0.828. The lowest BCUT2D eigenvalue weighted by Crippen LogP contribution is -2.48. The molecular formula is C21H25FN2O2. The maximum absolute atomic E-state index is 13.1. The average Bonchev–Trinajstić information content (AvgIpc) is 2.63. The maximum atomic E-state index is 13.1. The molecule has 0 saturated heterocycles. The van der Waals surface area contributed by atoms with Gasteiger partial charge in [-0.2, -0.15) is 0 Å². The van der Waals surface area contributed by atoms with Gasteiger partial charge in [0.15, 0.2) is 0 Å². The molecule has 2 amide bonds. The monoisotopic (exact) mass is 356 g/mol. The third-order valence-electron chi connectivity index (χ3n) is 4.34. The molecule has 0 radical (unpaired) electrons. The molecule has 0 fully saturated rings. The number of benzene rings is 2. The second kappa shape index (κ2) is 9.13. The third-order valence-corrected chi connectivity index (χ3v) is 4.34. The number of rotatable bonds is 7. The fourth-order valence-corrected chi connectivity index (χ4v) is 2.97. The summed E-state index contributed by atoms with van der Waals surface area (Å²) in [5.41, 5.74) is 2.79. The van der Waals surface area contributed by atoms with Gasteiger partial charge >= 0.3 is 0 Å². The molecule has 5 heteroatoms. The van der Waals surface area contributed by atoms with Crippen LogP contribution in [0.15, 0.2) is 48.5 Å². The van der Waals surface area contributed by atoms with E-state index in [2.05, 4.69) is 5.32 Å². The number of nitrogens with zero attached hydrogens (tertiary/aromatic N) is 1. The largest absolute Gasteiger partial charge is 0.357 e. The summed E-state index contributed by atoms with van der Waals surface area (Å²) in [6.45, 7) is 4.23. The molecule has 0 aliphatic heterocycles. The predicted octanol–water partition coefficient (Wildman–Crippen LogP) is 3.23. The molecule has 1 atom stereocenters. The first kappa shape index (κ1) is 19.6. The van der Waals surface area contributed by atoms with Gasteiger partial charge in [0, 0.05) is 13.6 Å². The molecule has 2 aromatic carbocycles. The van der Waals surface area contributed by atoms with Crippen LogP contribution in [0, 0.1) is 12.7 Å². The Morgan fingerprint density at radius 1 is 1.12 bits per heavy atom. The van der Waals surface area contributed by atoms with E-state index in [1.165, 1.54) is 12.1 Å². The zero-order valence-corrected chi connectivity index (χ0v) is 15.5. The minimum atomic E-state index is -0.548. The number of hydrogen-bond acceptors (Lipinski definition) is 2. The molecule has 0 aromatic heterocycles. The van der Waals surface area contributed by atoms with Crippen LogP contribution < -0.4 is 5.32 Å². The van der Waals surface area contributed by atoms with Crippen LogP contribution in [0.4, 0.5) is 4.39 Å². The Bertz CT molecular complexity index is 759. The van der Waals surface area contributed by atoms with Crippen LogP contribution in [0.5, 0.6) is 0 Å². The van der Waals surface area contributed by atoms with Crippen LogP contribution in [0.25, 0.3) is 0 Å². The van der Waals surface area contributed by atoms with E-state index in [1.807, 2.05) is 38.1 Å². The molecule has 0 bridgehead atoms. The summed E-state index contributed by atoms with van der Waals surface area (Å²) >= 11 is 0. The number of nitrogens with one attached hydrogen (secondary N) is 1. The summed E-state index contributed by atoms with van der Waals surface area (Å²) < 4.78 is 13.1. The molecule has 0 aliphatic rings. The van der Waals surface area contributed by atoms with Gasteiger partial charge in [0.2, 0.25) is 11.8 Å². The van der Waals surface area contributed by atoms with Crippen molar-refractivity contribution >= 4 is 11.8 Å². The molecule has 1 N–H and O–H groups in total. The van der Waals surface area contributed by atoms with Gasteiger partial charge in [-0.25, -0.2) is 4.39 Å². The lowest BCUT2D eigenvalue weighted by molar-refractivity contribution is -0.140. The second-order valence-corrected chi connectivity index (χ2v) is 6.35. The first-order valence-corrected chi connectivity index (χ1v) is 8.75. The topological polar surface area (TPSA) is 49.4 Å². The molecule has 2 aromatic rings. The highest BCUT2D eigenvalue weighted by Gasteiger charge is 2.27. The van der Waals surface area contributed by atoms with E-state index in [0.29, 0.717) is 13.0 Å². The van der Waals surface area contributed by atoms with Crippen LogP contribution in [-0.4, -0.2) is 29.8 Å². The number of amides is 2. The summed E-state index contributed by atoms with van der Waals surface area (Å²) in [6, 6.07) is 13.2. The SMILES string of the molecule is CC[C@H](C(=O)NC)N(Cc1cccc(C)c1)C(=O)Cc1ccc(F)cc1. The Morgan fingerprint density at radius 2 is 1.81 bits per heavy atom. The normalized spacial score (nSPS) is 11.7. The lowest BCUT2D eigenvalue weighted by atomic mass is 10.1. The van der Waals surface area contributed by atoms with Gasteiger partial charge in [-0.15, -0.1) is 0 Å². The molecule has 0 heterocycles. The van der Waals surface area contributed by atoms with E-state index in [0.717, 1.165) is 16.7 Å². The Balaban J connectivity index is 2.27. The Labute approximate surface area is 154 Å². The molecule has 138 valence electrons. The van der Waals surface area contributed by atoms with Gasteiger partial charge in [-0.05, 0) is 36.6 Å². The number of hydrogen-bond donors (Lipinski definition) is 1. The van der Waals surface area contributed by atoms with Crippen molar-refractivity contribution in [1.29, 1.82) is 0 Å². The van der Waals surface area contributed by atoms with Gasteiger partial charge in [0.25, 0.3) is 0 Å². The highest BCUT2D eigenvalue weighted by Crippen LogP contribution is 2.15. The molecular weight excluding hydrogens is 331 g/mol. The number of halogens is 1. The smallest absolute Gasteiger partial charge is 0.242 e. The zero-order valence-electron chi connectivity index (χ0n) is 15.5. The lowest BCUT2D eigenvalue weighted by Gasteiger charge is -2.30. The van der Waals surface area contributed by atoms with Crippen LogP contribution in [0.2, 0.25) is 0 Å². The van der Waals surface area contributed by atoms with Crippen molar-refractivity contribution in [3.05, 3.63) is 71.0 Å². The number of likely N-dealkylation sites (N-methyl/N-ethyl adjacent to an activating group) is 1. The fourth-order valence-electron chi connectivity index (χ4n) is 2.97. The van der Waals surface area contributed by atoms with E-state index in [4.69, 9.17) is 0 Å². The molecule has 0 unspecified atom stereocenters. The molecule has 26 heavy (non-hydrogen) atoms. The van der Waals surface area contributed by atoms with Gasteiger partial charge in [-0.1, -0.05) is 48.9 Å². The highest BCUT2D eigenvalue weighted by atomic mass is 19.1. The van der Waals surface area contributed by atoms with Crippen molar-refractivity contribution in [2.75, 3.05) is 7.05 Å². The van der Waals surface area contributed by atoms with Crippen molar-refractivity contribution in [3.8, 4) is 0 Å². The molecule has 0 saturated carbocycles. The van der Waals surface area contributed by atoms with E-state index in [1.54, 1.807) is 24.1 Å². The summed E-state index contributed by atoms with van der Waals surface area (Å²) in [5, 5.41) is 2.64. The van der Waals surface area contributed by atoms with Crippen LogP contribution >= 0.6 is 0 Å². The van der Waals surface area contributed by atoms with Crippen LogP contribution in [-0.2, 0) is 22.6 Å². The average molecular weight is 356 g/mol. The van der Waals surface area contributed by atoms with Crippen molar-refractivity contribution < 1.29 is 14.0 Å². The number of carbonyl (C=O) groups is 2. The minimum absolute atomic E-state index is 0.125. The Morgan fingerprint density at radius 3 is 2.38 bits per heavy atom. The Hall–Kier alpha value is -2.69. The van der Waals surface area contributed by atoms with E-state index < -0.39 is 6.04 Å². The highest BCUT2D eigenvalue weighted by molar-refractivity contribution is 5.88. The van der Waals surface area contributed by atoms with Gasteiger partial charge in [0.1, 0.15) is 11.9 Å². The summed E-state index contributed by atoms with van der Waals surface area (Å²) in [5.74, 6) is -0.684. The van der Waals surface area contributed by atoms with E-state index in [9.17, 15) is 14.0 Å². The number of carbonyl (C=O) groups excluding carboxylic acids is 2. The van der Waals surface area contributed by atoms with E-state index >= 15 is 0 Å². The van der Waals surface area contributed by atoms with E-state index in [-0.39, 0.29) is 24.1 Å². The van der Waals surface area contributed by atoms with Crippen molar-refractivity contribution in [2.24, 2.45) is 0 Å². The summed E-state index contributed by atoms with van der Waals surface area (Å²) in [6.07, 6.45) is 0.639. The van der Waals surface area contributed by atoms with Gasteiger partial charge < -0.3 is 10.2 Å². The molecule has 2 rings (SSSR count). The number of aryl methyl sites for hydroxylation is 1. The molecule has 0 aliphatic carbocycles.